The van der Waals surface area contributed by atoms with Gasteiger partial charge in [0.05, 0.1) is 0 Å². The van der Waals surface area contributed by atoms with E-state index in [0.717, 1.165) is 61.4 Å². The third-order valence-corrected chi connectivity index (χ3v) is 10.9. The highest BCUT2D eigenvalue weighted by molar-refractivity contribution is 5.76. The number of piperidine rings is 1. The van der Waals surface area contributed by atoms with Crippen molar-refractivity contribution in [3.05, 3.63) is 0 Å². The lowest BCUT2D eigenvalue weighted by molar-refractivity contribution is -0.0160. The Balaban J connectivity index is 0.899. The van der Waals surface area contributed by atoms with Crippen LogP contribution in [0.5, 0.6) is 0 Å². The molecule has 182 valence electrons. The molecule has 8 bridgehead atoms. The Morgan fingerprint density at radius 3 is 1.42 bits per heavy atom. The monoisotopic (exact) mass is 454 g/mol. The molecule has 0 aromatic heterocycles. The van der Waals surface area contributed by atoms with Crippen molar-refractivity contribution in [2.45, 2.75) is 107 Å². The van der Waals surface area contributed by atoms with Crippen molar-refractivity contribution in [2.24, 2.45) is 35.5 Å². The molecule has 3 N–H and O–H groups in total. The zero-order valence-electron chi connectivity index (χ0n) is 20.1. The zero-order valence-corrected chi connectivity index (χ0v) is 20.1. The number of hydrogen-bond acceptors (Lipinski definition) is 2. The minimum Gasteiger partial charge on any atom is -0.335 e. The van der Waals surface area contributed by atoms with Crippen LogP contribution in [0.15, 0.2) is 0 Å². The fourth-order valence-corrected chi connectivity index (χ4v) is 10.5. The summed E-state index contributed by atoms with van der Waals surface area (Å²) < 4.78 is 0. The zero-order chi connectivity index (χ0) is 22.2. The van der Waals surface area contributed by atoms with Crippen LogP contribution in [0.2, 0.25) is 0 Å². The van der Waals surface area contributed by atoms with Crippen LogP contribution in [-0.4, -0.2) is 47.2 Å². The Morgan fingerprint density at radius 2 is 1.00 bits per heavy atom. The van der Waals surface area contributed by atoms with E-state index in [4.69, 9.17) is 0 Å². The molecule has 0 unspecified atom stereocenters. The smallest absolute Gasteiger partial charge is 0.317 e. The molecular formula is C27H42N4O2. The number of amides is 4. The number of carbonyl (C=O) groups excluding carboxylic acids is 2. The van der Waals surface area contributed by atoms with Gasteiger partial charge in [-0.3, -0.25) is 0 Å². The molecule has 0 radical (unpaired) electrons. The molecule has 9 aliphatic rings. The van der Waals surface area contributed by atoms with E-state index in [1.807, 2.05) is 4.90 Å². The normalized spacial score (nSPS) is 47.6. The first-order valence-electron chi connectivity index (χ1n) is 14.1. The number of carbonyl (C=O) groups is 2. The second kappa shape index (κ2) is 7.52. The van der Waals surface area contributed by atoms with E-state index >= 15 is 0 Å². The number of hydrogen-bond donors (Lipinski definition) is 3. The topological polar surface area (TPSA) is 73.5 Å². The predicted octanol–water partition coefficient (Wildman–Crippen LogP) is 4.40. The average Bonchev–Trinajstić information content (AvgIpc) is 2.71. The number of rotatable bonds is 3. The van der Waals surface area contributed by atoms with Crippen molar-refractivity contribution in [1.29, 1.82) is 0 Å². The molecule has 0 aromatic rings. The van der Waals surface area contributed by atoms with Gasteiger partial charge in [-0.15, -0.1) is 0 Å². The van der Waals surface area contributed by atoms with Gasteiger partial charge in [-0.1, -0.05) is 0 Å². The maximum absolute atomic E-state index is 13.1. The summed E-state index contributed by atoms with van der Waals surface area (Å²) in [6, 6.07) is 0.365. The second-order valence-electron chi connectivity index (χ2n) is 13.7. The van der Waals surface area contributed by atoms with E-state index in [1.54, 1.807) is 0 Å². The van der Waals surface area contributed by atoms with Crippen LogP contribution in [0.1, 0.15) is 89.9 Å². The van der Waals surface area contributed by atoms with E-state index < -0.39 is 0 Å². The number of nitrogens with zero attached hydrogens (tertiary/aromatic N) is 1. The van der Waals surface area contributed by atoms with E-state index in [-0.39, 0.29) is 29.2 Å². The van der Waals surface area contributed by atoms with Gasteiger partial charge in [0.15, 0.2) is 0 Å². The molecule has 4 amide bonds. The van der Waals surface area contributed by atoms with Crippen LogP contribution < -0.4 is 16.0 Å². The van der Waals surface area contributed by atoms with Gasteiger partial charge in [0, 0.05) is 30.2 Å². The fourth-order valence-electron chi connectivity index (χ4n) is 10.5. The molecule has 8 aliphatic carbocycles. The Hall–Kier alpha value is -1.46. The van der Waals surface area contributed by atoms with Crippen LogP contribution in [-0.2, 0) is 0 Å². The summed E-state index contributed by atoms with van der Waals surface area (Å²) in [5.74, 6) is 5.06. The molecular weight excluding hydrogens is 412 g/mol. The second-order valence-corrected chi connectivity index (χ2v) is 13.7. The van der Waals surface area contributed by atoms with Crippen LogP contribution in [0, 0.1) is 35.5 Å². The first-order chi connectivity index (χ1) is 15.9. The summed E-state index contributed by atoms with van der Waals surface area (Å²) in [6.07, 6.45) is 17.3. The lowest BCUT2D eigenvalue weighted by Crippen LogP contribution is -2.63. The molecule has 9 rings (SSSR count). The van der Waals surface area contributed by atoms with Gasteiger partial charge in [0.1, 0.15) is 0 Å². The summed E-state index contributed by atoms with van der Waals surface area (Å²) in [4.78, 5) is 28.1. The molecule has 1 heterocycles. The minimum atomic E-state index is 0.0356. The van der Waals surface area contributed by atoms with Crippen LogP contribution in [0.4, 0.5) is 9.59 Å². The number of likely N-dealkylation sites (tertiary alicyclic amines) is 1. The summed E-state index contributed by atoms with van der Waals surface area (Å²) >= 11 is 0. The van der Waals surface area contributed by atoms with Crippen LogP contribution >= 0.6 is 0 Å². The van der Waals surface area contributed by atoms with Gasteiger partial charge in [0.2, 0.25) is 0 Å². The summed E-state index contributed by atoms with van der Waals surface area (Å²) in [6.45, 7) is 1.50. The highest BCUT2D eigenvalue weighted by atomic mass is 16.2. The largest absolute Gasteiger partial charge is 0.335 e. The third-order valence-electron chi connectivity index (χ3n) is 10.9. The van der Waals surface area contributed by atoms with E-state index in [2.05, 4.69) is 16.0 Å². The highest BCUT2D eigenvalue weighted by Gasteiger charge is 2.53. The third kappa shape index (κ3) is 3.83. The standard InChI is InChI=1S/C27H42N4O2/c32-24(29-26-11-17-5-18(12-26)7-19(6-17)13-26)28-23-1-3-31(4-2-23)25(33)30-27-14-20-8-21(15-27)10-22(9-20)16-27/h17-23H,1-16H2,(H,30,33)(H2,28,29,32). The Bertz CT molecular complexity index is 746. The van der Waals surface area contributed by atoms with Gasteiger partial charge < -0.3 is 20.9 Å². The van der Waals surface area contributed by atoms with Crippen molar-refractivity contribution >= 4 is 12.1 Å². The van der Waals surface area contributed by atoms with Crippen LogP contribution in [0.3, 0.4) is 0 Å². The van der Waals surface area contributed by atoms with Gasteiger partial charge in [0.25, 0.3) is 0 Å². The van der Waals surface area contributed by atoms with Crippen molar-refractivity contribution in [3.8, 4) is 0 Å². The molecule has 1 saturated heterocycles. The number of urea groups is 2. The Kier molecular flexibility index (Phi) is 4.76. The van der Waals surface area contributed by atoms with Gasteiger partial charge in [-0.2, -0.15) is 0 Å². The fraction of sp³-hybridized carbons (Fsp3) is 0.926. The van der Waals surface area contributed by atoms with Crippen molar-refractivity contribution < 1.29 is 9.59 Å². The molecule has 9 fully saturated rings. The highest BCUT2D eigenvalue weighted by Crippen LogP contribution is 2.56. The molecule has 6 nitrogen and oxygen atoms in total. The maximum atomic E-state index is 13.1. The minimum absolute atomic E-state index is 0.0356. The quantitative estimate of drug-likeness (QED) is 0.591. The Morgan fingerprint density at radius 1 is 0.606 bits per heavy atom. The SMILES string of the molecule is O=C(NC1CCN(C(=O)NC23CC4CC(CC(C4)C2)C3)CC1)NC12CC3CC(CC(C3)C1)C2. The van der Waals surface area contributed by atoms with Gasteiger partial charge >= 0.3 is 12.1 Å². The summed E-state index contributed by atoms with van der Waals surface area (Å²) in [5, 5.41) is 10.2. The average molecular weight is 455 g/mol. The first kappa shape index (κ1) is 20.9. The molecule has 33 heavy (non-hydrogen) atoms. The maximum Gasteiger partial charge on any atom is 0.317 e. The van der Waals surface area contributed by atoms with Crippen molar-refractivity contribution in [1.82, 2.24) is 20.9 Å². The van der Waals surface area contributed by atoms with Crippen molar-refractivity contribution in [3.63, 3.8) is 0 Å². The number of nitrogens with one attached hydrogen (secondary N) is 3. The molecule has 1 aliphatic heterocycles. The molecule has 0 spiro atoms. The van der Waals surface area contributed by atoms with E-state index in [0.29, 0.717) is 0 Å². The van der Waals surface area contributed by atoms with E-state index in [1.165, 1.54) is 77.0 Å². The summed E-state index contributed by atoms with van der Waals surface area (Å²) in [7, 11) is 0. The predicted molar refractivity (Wildman–Crippen MR) is 127 cm³/mol. The van der Waals surface area contributed by atoms with Crippen molar-refractivity contribution in [2.75, 3.05) is 13.1 Å². The Labute approximate surface area is 198 Å². The lowest BCUT2D eigenvalue weighted by atomic mass is 9.53. The van der Waals surface area contributed by atoms with Gasteiger partial charge in [-0.25, -0.2) is 9.59 Å². The molecule has 8 saturated carbocycles. The van der Waals surface area contributed by atoms with E-state index in [9.17, 15) is 9.59 Å². The van der Waals surface area contributed by atoms with Crippen LogP contribution in [0.25, 0.3) is 0 Å². The lowest BCUT2D eigenvalue weighted by Gasteiger charge is -2.57. The van der Waals surface area contributed by atoms with Gasteiger partial charge in [-0.05, 0) is 125 Å². The molecule has 0 aromatic carbocycles. The molecule has 0 atom stereocenters. The first-order valence-corrected chi connectivity index (χ1v) is 14.1. The molecule has 6 heteroatoms. The summed E-state index contributed by atoms with van der Waals surface area (Å²) in [5.41, 5.74) is 0.149.